The van der Waals surface area contributed by atoms with Gasteiger partial charge < -0.3 is 20.5 Å². The number of amides is 1. The molecule has 0 aliphatic heterocycles. The molecule has 0 unspecified atom stereocenters. The highest BCUT2D eigenvalue weighted by Gasteiger charge is 2.38. The fourth-order valence-corrected chi connectivity index (χ4v) is 3.68. The minimum Gasteiger partial charge on any atom is -0.475 e. The van der Waals surface area contributed by atoms with Crippen LogP contribution < -0.4 is 10.6 Å². The topological polar surface area (TPSA) is 105 Å². The predicted molar refractivity (Wildman–Crippen MR) is 121 cm³/mol. The van der Waals surface area contributed by atoms with Crippen molar-refractivity contribution >= 4 is 17.8 Å². The Balaban J connectivity index is 0.000000718. The molecule has 0 saturated heterocycles. The zero-order valence-electron chi connectivity index (χ0n) is 20.1. The Hall–Kier alpha value is -2.62. The quantitative estimate of drug-likeness (QED) is 0.494. The van der Waals surface area contributed by atoms with Crippen LogP contribution in [0.2, 0.25) is 0 Å². The maximum atomic E-state index is 12.1. The van der Waals surface area contributed by atoms with Crippen molar-refractivity contribution < 1.29 is 37.4 Å². The summed E-state index contributed by atoms with van der Waals surface area (Å²) in [7, 11) is 1.34. The number of ether oxygens (including phenoxy) is 1. The van der Waals surface area contributed by atoms with Crippen LogP contribution in [0.1, 0.15) is 68.8 Å². The van der Waals surface area contributed by atoms with Gasteiger partial charge >= 0.3 is 18.1 Å². The van der Waals surface area contributed by atoms with Crippen LogP contribution in [-0.4, -0.2) is 48.8 Å². The molecule has 2 rings (SSSR count). The van der Waals surface area contributed by atoms with E-state index < -0.39 is 12.1 Å². The summed E-state index contributed by atoms with van der Waals surface area (Å²) in [6.07, 6.45) is 0.171. The van der Waals surface area contributed by atoms with E-state index in [1.54, 1.807) is 0 Å². The van der Waals surface area contributed by atoms with E-state index in [-0.39, 0.29) is 24.8 Å². The number of hydrogen-bond acceptors (Lipinski definition) is 5. The molecular weight excluding hydrogens is 453 g/mol. The summed E-state index contributed by atoms with van der Waals surface area (Å²) in [6, 6.07) is 8.23. The lowest BCUT2D eigenvalue weighted by Gasteiger charge is -2.37. The van der Waals surface area contributed by atoms with Crippen LogP contribution in [0.25, 0.3) is 0 Å². The van der Waals surface area contributed by atoms with E-state index in [9.17, 15) is 22.8 Å². The van der Waals surface area contributed by atoms with Gasteiger partial charge in [-0.2, -0.15) is 13.2 Å². The first-order valence-electron chi connectivity index (χ1n) is 11.2. The summed E-state index contributed by atoms with van der Waals surface area (Å²) in [4.78, 5) is 32.0. The smallest absolute Gasteiger partial charge is 0.475 e. The second-order valence-corrected chi connectivity index (χ2v) is 9.38. The van der Waals surface area contributed by atoms with Gasteiger partial charge in [-0.25, -0.2) is 4.79 Å². The minimum atomic E-state index is -5.08. The molecule has 0 spiro atoms. The standard InChI is InChI=1S/C22H34N2O3.C2HF3O2/c1-22(2,3)18-9-11-19(12-10-18)24-15-16-5-7-17(8-6-16)21(26)23-14-13-20(25)27-4;3-2(4,5)1(6)7/h5-8,18-19,24H,9-15H2,1-4H3,(H,23,26);(H,6,7)/t18-,19-;. The Bertz CT molecular complexity index is 796. The lowest BCUT2D eigenvalue weighted by Crippen LogP contribution is -2.35. The van der Waals surface area contributed by atoms with Gasteiger partial charge in [0, 0.05) is 24.7 Å². The Morgan fingerprint density at radius 3 is 2.00 bits per heavy atom. The number of benzene rings is 1. The molecule has 3 N–H and O–H groups in total. The monoisotopic (exact) mass is 488 g/mol. The summed E-state index contributed by atoms with van der Waals surface area (Å²) >= 11 is 0. The lowest BCUT2D eigenvalue weighted by molar-refractivity contribution is -0.192. The van der Waals surface area contributed by atoms with Gasteiger partial charge in [0.25, 0.3) is 5.91 Å². The second-order valence-electron chi connectivity index (χ2n) is 9.38. The van der Waals surface area contributed by atoms with Gasteiger partial charge in [-0.05, 0) is 54.7 Å². The number of aliphatic carboxylic acids is 1. The van der Waals surface area contributed by atoms with Crippen molar-refractivity contribution in [1.82, 2.24) is 10.6 Å². The first-order chi connectivity index (χ1) is 15.7. The maximum Gasteiger partial charge on any atom is 0.490 e. The van der Waals surface area contributed by atoms with Crippen LogP contribution in [0.5, 0.6) is 0 Å². The zero-order chi connectivity index (χ0) is 25.9. The highest BCUT2D eigenvalue weighted by atomic mass is 19.4. The van der Waals surface area contributed by atoms with Gasteiger partial charge in [0.15, 0.2) is 0 Å². The molecule has 0 atom stereocenters. The van der Waals surface area contributed by atoms with Gasteiger partial charge in [-0.3, -0.25) is 9.59 Å². The fraction of sp³-hybridized carbons (Fsp3) is 0.625. The number of nitrogens with one attached hydrogen (secondary N) is 2. The van der Waals surface area contributed by atoms with Crippen molar-refractivity contribution in [2.75, 3.05) is 13.7 Å². The molecule has 1 saturated carbocycles. The highest BCUT2D eigenvalue weighted by molar-refractivity contribution is 5.94. The zero-order valence-corrected chi connectivity index (χ0v) is 20.1. The SMILES string of the molecule is COC(=O)CCNC(=O)c1ccc(CN[C@H]2CC[C@H](C(C)(C)C)CC2)cc1.O=C(O)C(F)(F)F. The molecule has 0 aromatic heterocycles. The van der Waals surface area contributed by atoms with Gasteiger partial charge in [0.1, 0.15) is 0 Å². The molecule has 0 bridgehead atoms. The summed E-state index contributed by atoms with van der Waals surface area (Å²) < 4.78 is 36.3. The molecule has 192 valence electrons. The third-order valence-corrected chi connectivity index (χ3v) is 5.85. The van der Waals surface area contributed by atoms with Gasteiger partial charge in [-0.1, -0.05) is 32.9 Å². The van der Waals surface area contributed by atoms with Crippen LogP contribution in [0, 0.1) is 11.3 Å². The van der Waals surface area contributed by atoms with Crippen LogP contribution in [0.4, 0.5) is 13.2 Å². The molecule has 1 aromatic rings. The average molecular weight is 489 g/mol. The van der Waals surface area contributed by atoms with Crippen LogP contribution in [0.15, 0.2) is 24.3 Å². The highest BCUT2D eigenvalue weighted by Crippen LogP contribution is 2.37. The van der Waals surface area contributed by atoms with E-state index in [4.69, 9.17) is 9.90 Å². The summed E-state index contributed by atoms with van der Waals surface area (Å²) in [5, 5.41) is 13.5. The van der Waals surface area contributed by atoms with Crippen LogP contribution >= 0.6 is 0 Å². The molecule has 1 fully saturated rings. The van der Waals surface area contributed by atoms with Crippen molar-refractivity contribution in [2.45, 2.75) is 71.6 Å². The second kappa shape index (κ2) is 13.3. The Labute approximate surface area is 198 Å². The Morgan fingerprint density at radius 1 is 1.03 bits per heavy atom. The molecule has 1 aromatic carbocycles. The summed E-state index contributed by atoms with van der Waals surface area (Å²) in [5.41, 5.74) is 2.20. The maximum absolute atomic E-state index is 12.1. The molecule has 1 aliphatic carbocycles. The van der Waals surface area contributed by atoms with Crippen molar-refractivity contribution in [3.8, 4) is 0 Å². The van der Waals surface area contributed by atoms with Crippen LogP contribution in [-0.2, 0) is 20.9 Å². The van der Waals surface area contributed by atoms with Crippen molar-refractivity contribution in [3.05, 3.63) is 35.4 Å². The largest absolute Gasteiger partial charge is 0.490 e. The molecule has 10 heteroatoms. The van der Waals surface area contributed by atoms with Gasteiger partial charge in [-0.15, -0.1) is 0 Å². The minimum absolute atomic E-state index is 0.168. The molecular formula is C24H35F3N2O5. The number of hydrogen-bond donors (Lipinski definition) is 3. The van der Waals surface area contributed by atoms with Crippen LogP contribution in [0.3, 0.4) is 0 Å². The molecule has 34 heavy (non-hydrogen) atoms. The molecule has 1 amide bonds. The molecule has 1 aliphatic rings. The predicted octanol–water partition coefficient (Wildman–Crippen LogP) is 4.31. The van der Waals surface area contributed by atoms with Crippen molar-refractivity contribution in [1.29, 1.82) is 0 Å². The molecule has 0 heterocycles. The number of carboxylic acid groups (broad SMARTS) is 1. The number of carbonyl (C=O) groups is 3. The first kappa shape index (κ1) is 29.4. The lowest BCUT2D eigenvalue weighted by atomic mass is 9.71. The Kier molecular flexibility index (Phi) is 11.5. The number of alkyl halides is 3. The number of methoxy groups -OCH3 is 1. The number of carbonyl (C=O) groups excluding carboxylic acids is 2. The van der Waals surface area contributed by atoms with E-state index in [1.165, 1.54) is 38.4 Å². The van der Waals surface area contributed by atoms with E-state index in [0.29, 0.717) is 17.0 Å². The van der Waals surface area contributed by atoms with E-state index in [1.807, 2.05) is 24.3 Å². The van der Waals surface area contributed by atoms with E-state index in [2.05, 4.69) is 36.1 Å². The van der Waals surface area contributed by atoms with Crippen molar-refractivity contribution in [2.24, 2.45) is 11.3 Å². The number of carboxylic acids is 1. The molecule has 7 nitrogen and oxygen atoms in total. The summed E-state index contributed by atoms with van der Waals surface area (Å²) in [6.45, 7) is 8.15. The Morgan fingerprint density at radius 2 is 1.56 bits per heavy atom. The average Bonchev–Trinajstić information content (AvgIpc) is 2.77. The van der Waals surface area contributed by atoms with Gasteiger partial charge in [0.05, 0.1) is 13.5 Å². The number of esters is 1. The molecule has 0 radical (unpaired) electrons. The normalized spacial score (nSPS) is 18.3. The number of halogens is 3. The van der Waals surface area contributed by atoms with E-state index in [0.717, 1.165) is 12.5 Å². The first-order valence-corrected chi connectivity index (χ1v) is 11.2. The summed E-state index contributed by atoms with van der Waals surface area (Å²) in [5.74, 6) is -2.42. The van der Waals surface area contributed by atoms with Gasteiger partial charge in [0.2, 0.25) is 0 Å². The van der Waals surface area contributed by atoms with Crippen molar-refractivity contribution in [3.63, 3.8) is 0 Å². The third-order valence-electron chi connectivity index (χ3n) is 5.85. The van der Waals surface area contributed by atoms with E-state index >= 15 is 0 Å². The third kappa shape index (κ3) is 11.0. The number of rotatable bonds is 7. The fourth-order valence-electron chi connectivity index (χ4n) is 3.68.